The van der Waals surface area contributed by atoms with E-state index in [4.69, 9.17) is 19.9 Å². The zero-order valence-corrected chi connectivity index (χ0v) is 18.1. The first kappa shape index (κ1) is 18.7. The Hall–Kier alpha value is -4.84. The zero-order valence-electron chi connectivity index (χ0n) is 18.1. The molecule has 6 nitrogen and oxygen atoms in total. The van der Waals surface area contributed by atoms with Crippen LogP contribution in [-0.2, 0) is 0 Å². The van der Waals surface area contributed by atoms with Gasteiger partial charge in [0.15, 0.2) is 23.3 Å². The van der Waals surface area contributed by atoms with Crippen LogP contribution in [0, 0.1) is 0 Å². The summed E-state index contributed by atoms with van der Waals surface area (Å²) < 4.78 is 0. The summed E-state index contributed by atoms with van der Waals surface area (Å²) in [5, 5.41) is 0. The lowest BCUT2D eigenvalue weighted by Crippen LogP contribution is -2.28. The molecule has 0 radical (unpaired) electrons. The summed E-state index contributed by atoms with van der Waals surface area (Å²) in [6.45, 7) is 0. The van der Waals surface area contributed by atoms with Crippen LogP contribution in [0.3, 0.4) is 0 Å². The standard InChI is InChI=1S/C28H18N6/c1-3-11-19(12-4-1)33-25-27(31-23-17-9-7-15-21(23)29-25)34(20-13-5-2-6-14-20)28-26(33)30-22-16-8-10-18-24(22)32-28/h1-18H. The molecule has 0 aliphatic carbocycles. The Balaban J connectivity index is 1.62. The van der Waals surface area contributed by atoms with Crippen molar-refractivity contribution in [3.63, 3.8) is 0 Å². The number of benzene rings is 4. The Morgan fingerprint density at radius 3 is 0.882 bits per heavy atom. The highest BCUT2D eigenvalue weighted by Crippen LogP contribution is 2.51. The van der Waals surface area contributed by atoms with E-state index in [2.05, 4.69) is 34.1 Å². The zero-order chi connectivity index (χ0) is 22.5. The highest BCUT2D eigenvalue weighted by molar-refractivity contribution is 6.00. The summed E-state index contributed by atoms with van der Waals surface area (Å²) in [6, 6.07) is 36.2. The Morgan fingerprint density at radius 2 is 0.588 bits per heavy atom. The van der Waals surface area contributed by atoms with Crippen molar-refractivity contribution < 1.29 is 0 Å². The van der Waals surface area contributed by atoms with Gasteiger partial charge in [0.25, 0.3) is 0 Å². The number of para-hydroxylation sites is 6. The maximum atomic E-state index is 5.08. The molecule has 0 unspecified atom stereocenters. The van der Waals surface area contributed by atoms with E-state index < -0.39 is 0 Å². The van der Waals surface area contributed by atoms with E-state index >= 15 is 0 Å². The molecule has 0 amide bonds. The van der Waals surface area contributed by atoms with E-state index in [0.29, 0.717) is 23.3 Å². The molecule has 0 spiro atoms. The molecule has 4 aromatic carbocycles. The van der Waals surface area contributed by atoms with E-state index in [9.17, 15) is 0 Å². The topological polar surface area (TPSA) is 58.0 Å². The highest BCUT2D eigenvalue weighted by atomic mass is 15.4. The number of fused-ring (bicyclic) bond motifs is 4. The molecule has 0 saturated carbocycles. The van der Waals surface area contributed by atoms with Crippen molar-refractivity contribution in [3.05, 3.63) is 109 Å². The van der Waals surface area contributed by atoms with Crippen LogP contribution in [-0.4, -0.2) is 19.9 Å². The predicted octanol–water partition coefficient (Wildman–Crippen LogP) is 6.83. The fraction of sp³-hybridized carbons (Fsp3) is 0. The second-order valence-corrected chi connectivity index (χ2v) is 8.06. The fourth-order valence-electron chi connectivity index (χ4n) is 4.41. The van der Waals surface area contributed by atoms with Gasteiger partial charge in [-0.05, 0) is 48.5 Å². The molecule has 3 heterocycles. The number of hydrogen-bond acceptors (Lipinski definition) is 6. The van der Waals surface area contributed by atoms with Crippen LogP contribution >= 0.6 is 0 Å². The maximum Gasteiger partial charge on any atom is 0.183 e. The lowest BCUT2D eigenvalue weighted by atomic mass is 10.2. The van der Waals surface area contributed by atoms with E-state index in [1.165, 1.54) is 0 Å². The number of rotatable bonds is 2. The van der Waals surface area contributed by atoms with Crippen LogP contribution in [0.5, 0.6) is 0 Å². The molecule has 1 aliphatic rings. The third kappa shape index (κ3) is 2.82. The molecule has 0 N–H and O–H groups in total. The minimum Gasteiger partial charge on any atom is -0.273 e. The van der Waals surface area contributed by atoms with Crippen LogP contribution < -0.4 is 9.80 Å². The molecular formula is C28H18N6. The minimum atomic E-state index is 0.714. The van der Waals surface area contributed by atoms with Gasteiger partial charge in [-0.2, -0.15) is 0 Å². The largest absolute Gasteiger partial charge is 0.273 e. The minimum absolute atomic E-state index is 0.714. The second-order valence-electron chi connectivity index (χ2n) is 8.06. The molecule has 0 bridgehead atoms. The van der Waals surface area contributed by atoms with Crippen molar-refractivity contribution >= 4 is 56.7 Å². The van der Waals surface area contributed by atoms with Gasteiger partial charge in [-0.1, -0.05) is 60.7 Å². The molecular weight excluding hydrogens is 420 g/mol. The number of aromatic nitrogens is 4. The normalized spacial score (nSPS) is 12.6. The Labute approximate surface area is 195 Å². The van der Waals surface area contributed by atoms with Crippen LogP contribution in [0.2, 0.25) is 0 Å². The quantitative estimate of drug-likeness (QED) is 0.295. The van der Waals surface area contributed by atoms with Gasteiger partial charge in [0, 0.05) is 11.4 Å². The first-order chi connectivity index (χ1) is 16.9. The molecule has 0 fully saturated rings. The van der Waals surface area contributed by atoms with Gasteiger partial charge < -0.3 is 0 Å². The van der Waals surface area contributed by atoms with Crippen molar-refractivity contribution in [1.82, 2.24) is 19.9 Å². The van der Waals surface area contributed by atoms with Gasteiger partial charge in [-0.15, -0.1) is 0 Å². The first-order valence-corrected chi connectivity index (χ1v) is 11.1. The Morgan fingerprint density at radius 1 is 0.324 bits per heavy atom. The number of anilines is 6. The molecule has 7 rings (SSSR count). The molecule has 6 heteroatoms. The van der Waals surface area contributed by atoms with Crippen molar-refractivity contribution in [2.45, 2.75) is 0 Å². The van der Waals surface area contributed by atoms with Crippen molar-refractivity contribution in [2.75, 3.05) is 9.80 Å². The van der Waals surface area contributed by atoms with E-state index in [1.54, 1.807) is 0 Å². The van der Waals surface area contributed by atoms with Crippen LogP contribution in [0.25, 0.3) is 22.1 Å². The highest BCUT2D eigenvalue weighted by Gasteiger charge is 2.36. The molecule has 2 aromatic heterocycles. The second kappa shape index (κ2) is 7.35. The third-order valence-electron chi connectivity index (χ3n) is 5.94. The smallest absolute Gasteiger partial charge is 0.183 e. The van der Waals surface area contributed by atoms with Gasteiger partial charge in [-0.3, -0.25) is 9.80 Å². The molecule has 0 saturated heterocycles. The lowest BCUT2D eigenvalue weighted by molar-refractivity contribution is 1.03. The van der Waals surface area contributed by atoms with Gasteiger partial charge >= 0.3 is 0 Å². The van der Waals surface area contributed by atoms with Crippen molar-refractivity contribution in [3.8, 4) is 0 Å². The van der Waals surface area contributed by atoms with Crippen LogP contribution in [0.15, 0.2) is 109 Å². The summed E-state index contributed by atoms with van der Waals surface area (Å²) in [6.07, 6.45) is 0. The van der Waals surface area contributed by atoms with Crippen LogP contribution in [0.1, 0.15) is 0 Å². The SMILES string of the molecule is c1ccc(N2c3nc4ccccc4nc3N(c3ccccc3)c3nc4ccccc4nc32)cc1. The van der Waals surface area contributed by atoms with Crippen molar-refractivity contribution in [1.29, 1.82) is 0 Å². The van der Waals surface area contributed by atoms with Gasteiger partial charge in [0.2, 0.25) is 0 Å². The Bertz CT molecular complexity index is 1460. The summed E-state index contributed by atoms with van der Waals surface area (Å²) in [4.78, 5) is 24.4. The van der Waals surface area contributed by atoms with E-state index in [0.717, 1.165) is 33.4 Å². The molecule has 0 atom stereocenters. The fourth-order valence-corrected chi connectivity index (χ4v) is 4.41. The summed E-state index contributed by atoms with van der Waals surface area (Å²) in [5.74, 6) is 2.85. The summed E-state index contributed by atoms with van der Waals surface area (Å²) in [5.41, 5.74) is 5.21. The monoisotopic (exact) mass is 438 g/mol. The molecule has 6 aromatic rings. The third-order valence-corrected chi connectivity index (χ3v) is 5.94. The van der Waals surface area contributed by atoms with Crippen molar-refractivity contribution in [2.24, 2.45) is 0 Å². The van der Waals surface area contributed by atoms with Crippen LogP contribution in [0.4, 0.5) is 34.6 Å². The van der Waals surface area contributed by atoms with Gasteiger partial charge in [0.05, 0.1) is 22.1 Å². The lowest BCUT2D eigenvalue weighted by Gasteiger charge is -2.36. The average molecular weight is 438 g/mol. The first-order valence-electron chi connectivity index (χ1n) is 11.1. The molecule has 160 valence electrons. The predicted molar refractivity (Wildman–Crippen MR) is 136 cm³/mol. The summed E-state index contributed by atoms with van der Waals surface area (Å²) in [7, 11) is 0. The average Bonchev–Trinajstić information content (AvgIpc) is 2.90. The maximum absolute atomic E-state index is 5.08. The molecule has 1 aliphatic heterocycles. The number of nitrogens with zero attached hydrogens (tertiary/aromatic N) is 6. The Kier molecular flexibility index (Phi) is 4.04. The van der Waals surface area contributed by atoms with Gasteiger partial charge in [-0.25, -0.2) is 19.9 Å². The van der Waals surface area contributed by atoms with E-state index in [1.807, 2.05) is 84.9 Å². The number of hydrogen-bond donors (Lipinski definition) is 0. The molecule has 34 heavy (non-hydrogen) atoms. The summed E-state index contributed by atoms with van der Waals surface area (Å²) >= 11 is 0. The van der Waals surface area contributed by atoms with Gasteiger partial charge in [0.1, 0.15) is 0 Å². The van der Waals surface area contributed by atoms with E-state index in [-0.39, 0.29) is 0 Å².